The van der Waals surface area contributed by atoms with E-state index in [1.807, 2.05) is 11.0 Å². The standard InChI is InChI=1S/C22H20F4N4O3/c23-17-9-15(3-4-19(17)33-22(24,25)26)29-21(32)14-8-16(18-2-1-6-27-18)20(28-10-14)30-7-5-13(11-30)12-31/h1-4,6,8-10,13,27,31H,5,7,11-12H2,(H,29,32)/t13-/m0/s1. The van der Waals surface area contributed by atoms with E-state index in [4.69, 9.17) is 0 Å². The Hall–Kier alpha value is -3.60. The van der Waals surface area contributed by atoms with Crippen molar-refractivity contribution in [2.45, 2.75) is 12.8 Å². The normalized spacial score (nSPS) is 16.2. The average molecular weight is 464 g/mol. The van der Waals surface area contributed by atoms with Crippen LogP contribution in [0, 0.1) is 11.7 Å². The molecule has 0 spiro atoms. The molecule has 1 aliphatic heterocycles. The van der Waals surface area contributed by atoms with E-state index < -0.39 is 23.8 Å². The number of nitrogens with one attached hydrogen (secondary N) is 2. The number of rotatable bonds is 6. The molecule has 3 N–H and O–H groups in total. The van der Waals surface area contributed by atoms with Crippen molar-refractivity contribution in [2.75, 3.05) is 29.9 Å². The van der Waals surface area contributed by atoms with Gasteiger partial charge >= 0.3 is 6.36 Å². The Kier molecular flexibility index (Phi) is 6.23. The highest BCUT2D eigenvalue weighted by Crippen LogP contribution is 2.33. The molecule has 7 nitrogen and oxygen atoms in total. The second-order valence-electron chi connectivity index (χ2n) is 7.61. The first kappa shape index (κ1) is 22.6. The van der Waals surface area contributed by atoms with Gasteiger partial charge in [0.2, 0.25) is 0 Å². The summed E-state index contributed by atoms with van der Waals surface area (Å²) in [4.78, 5) is 22.3. The number of hydrogen-bond donors (Lipinski definition) is 3. The lowest BCUT2D eigenvalue weighted by Gasteiger charge is -2.21. The smallest absolute Gasteiger partial charge is 0.403 e. The van der Waals surface area contributed by atoms with E-state index in [1.54, 1.807) is 18.3 Å². The van der Waals surface area contributed by atoms with Crippen LogP contribution in [0.15, 0.2) is 48.8 Å². The highest BCUT2D eigenvalue weighted by atomic mass is 19.4. The summed E-state index contributed by atoms with van der Waals surface area (Å²) in [5.41, 5.74) is 1.55. The molecule has 1 atom stereocenters. The topological polar surface area (TPSA) is 90.5 Å². The molecule has 174 valence electrons. The van der Waals surface area contributed by atoms with Gasteiger partial charge in [0.25, 0.3) is 5.91 Å². The summed E-state index contributed by atoms with van der Waals surface area (Å²) in [6.45, 7) is 1.43. The number of hydrogen-bond acceptors (Lipinski definition) is 5. The SMILES string of the molecule is O=C(Nc1ccc(OC(F)(F)F)c(F)c1)c1cnc(N2CC[C@H](CO)C2)c(-c2ccc[nH]2)c1. The highest BCUT2D eigenvalue weighted by Gasteiger charge is 2.32. The largest absolute Gasteiger partial charge is 0.573 e. The number of carbonyl (C=O) groups is 1. The second kappa shape index (κ2) is 9.10. The zero-order valence-corrected chi connectivity index (χ0v) is 17.2. The number of aromatic amines is 1. The van der Waals surface area contributed by atoms with Gasteiger partial charge in [-0.3, -0.25) is 4.79 Å². The Morgan fingerprint density at radius 3 is 2.76 bits per heavy atom. The summed E-state index contributed by atoms with van der Waals surface area (Å²) in [6, 6.07) is 7.90. The molecule has 4 rings (SSSR count). The van der Waals surface area contributed by atoms with E-state index in [9.17, 15) is 27.5 Å². The summed E-state index contributed by atoms with van der Waals surface area (Å²) in [7, 11) is 0. The van der Waals surface area contributed by atoms with Crippen LogP contribution in [0.5, 0.6) is 5.75 Å². The summed E-state index contributed by atoms with van der Waals surface area (Å²) < 4.78 is 54.5. The van der Waals surface area contributed by atoms with Crippen molar-refractivity contribution in [3.63, 3.8) is 0 Å². The van der Waals surface area contributed by atoms with E-state index in [-0.39, 0.29) is 23.8 Å². The number of benzene rings is 1. The van der Waals surface area contributed by atoms with Crippen LogP contribution < -0.4 is 15.0 Å². The molecular weight excluding hydrogens is 444 g/mol. The predicted octanol–water partition coefficient (Wildman–Crippen LogP) is 4.19. The van der Waals surface area contributed by atoms with Crippen LogP contribution in [0.3, 0.4) is 0 Å². The number of aromatic nitrogens is 2. The van der Waals surface area contributed by atoms with Crippen LogP contribution in [-0.4, -0.2) is 47.0 Å². The molecule has 1 aliphatic rings. The second-order valence-corrected chi connectivity index (χ2v) is 7.61. The maximum absolute atomic E-state index is 14.0. The first-order valence-electron chi connectivity index (χ1n) is 10.1. The minimum Gasteiger partial charge on any atom is -0.403 e. The van der Waals surface area contributed by atoms with Gasteiger partial charge in [-0.2, -0.15) is 0 Å². The van der Waals surface area contributed by atoms with Gasteiger partial charge in [-0.15, -0.1) is 13.2 Å². The molecule has 33 heavy (non-hydrogen) atoms. The Labute approximate surface area is 186 Å². The van der Waals surface area contributed by atoms with Crippen LogP contribution in [0.1, 0.15) is 16.8 Å². The van der Waals surface area contributed by atoms with Gasteiger partial charge in [0.1, 0.15) is 5.82 Å². The third kappa shape index (κ3) is 5.25. The van der Waals surface area contributed by atoms with Gasteiger partial charge in [0.15, 0.2) is 11.6 Å². The van der Waals surface area contributed by atoms with Crippen molar-refractivity contribution in [3.8, 4) is 17.0 Å². The van der Waals surface area contributed by atoms with Crippen molar-refractivity contribution < 1.29 is 32.2 Å². The number of H-pyrrole nitrogens is 1. The molecule has 0 aliphatic carbocycles. The third-order valence-electron chi connectivity index (χ3n) is 5.28. The van der Waals surface area contributed by atoms with Crippen molar-refractivity contribution in [2.24, 2.45) is 5.92 Å². The molecule has 3 heterocycles. The zero-order chi connectivity index (χ0) is 23.6. The monoisotopic (exact) mass is 464 g/mol. The number of aliphatic hydroxyl groups is 1. The number of alkyl halides is 3. The lowest BCUT2D eigenvalue weighted by molar-refractivity contribution is -0.275. The maximum atomic E-state index is 14.0. The van der Waals surface area contributed by atoms with E-state index in [0.717, 1.165) is 30.3 Å². The van der Waals surface area contributed by atoms with E-state index in [0.29, 0.717) is 24.5 Å². The Morgan fingerprint density at radius 1 is 1.30 bits per heavy atom. The van der Waals surface area contributed by atoms with Crippen LogP contribution in [0.2, 0.25) is 0 Å². The maximum Gasteiger partial charge on any atom is 0.573 e. The molecule has 0 unspecified atom stereocenters. The van der Waals surface area contributed by atoms with Gasteiger partial charge in [-0.05, 0) is 36.8 Å². The first-order valence-corrected chi connectivity index (χ1v) is 10.1. The van der Waals surface area contributed by atoms with Gasteiger partial charge in [-0.1, -0.05) is 0 Å². The van der Waals surface area contributed by atoms with Crippen LogP contribution in [0.4, 0.5) is 29.1 Å². The minimum absolute atomic E-state index is 0.0390. The fourth-order valence-electron chi connectivity index (χ4n) is 3.69. The van der Waals surface area contributed by atoms with E-state index >= 15 is 0 Å². The summed E-state index contributed by atoms with van der Waals surface area (Å²) in [5, 5.41) is 11.9. The van der Waals surface area contributed by atoms with Crippen LogP contribution >= 0.6 is 0 Å². The predicted molar refractivity (Wildman–Crippen MR) is 112 cm³/mol. The molecule has 0 bridgehead atoms. The molecule has 0 radical (unpaired) electrons. The number of carbonyl (C=O) groups excluding carboxylic acids is 1. The third-order valence-corrected chi connectivity index (χ3v) is 5.28. The molecular formula is C22H20F4N4O3. The molecule has 1 fully saturated rings. The number of aliphatic hydroxyl groups excluding tert-OH is 1. The highest BCUT2D eigenvalue weighted by molar-refractivity contribution is 6.05. The number of anilines is 2. The van der Waals surface area contributed by atoms with E-state index in [1.165, 1.54) is 6.20 Å². The number of nitrogens with zero attached hydrogens (tertiary/aromatic N) is 2. The number of pyridine rings is 1. The zero-order valence-electron chi connectivity index (χ0n) is 17.2. The van der Waals surface area contributed by atoms with Crippen molar-refractivity contribution in [1.82, 2.24) is 9.97 Å². The van der Waals surface area contributed by atoms with E-state index in [2.05, 4.69) is 20.0 Å². The Bertz CT molecular complexity index is 1140. The fraction of sp³-hybridized carbons (Fsp3) is 0.273. The molecule has 1 saturated heterocycles. The summed E-state index contributed by atoms with van der Waals surface area (Å²) in [5.74, 6) is -2.07. The Morgan fingerprint density at radius 2 is 2.12 bits per heavy atom. The average Bonchev–Trinajstić information content (AvgIpc) is 3.46. The van der Waals surface area contributed by atoms with Crippen molar-refractivity contribution in [1.29, 1.82) is 0 Å². The molecule has 0 saturated carbocycles. The lowest BCUT2D eigenvalue weighted by atomic mass is 10.1. The summed E-state index contributed by atoms with van der Waals surface area (Å²) >= 11 is 0. The van der Waals surface area contributed by atoms with Crippen molar-refractivity contribution >= 4 is 17.4 Å². The first-order chi connectivity index (χ1) is 15.7. The minimum atomic E-state index is -5.03. The number of amides is 1. The van der Waals surface area contributed by atoms with Gasteiger partial charge in [0.05, 0.1) is 5.56 Å². The fourth-order valence-corrected chi connectivity index (χ4v) is 3.69. The molecule has 11 heteroatoms. The number of halogens is 4. The van der Waals surface area contributed by atoms with Crippen LogP contribution in [0.25, 0.3) is 11.3 Å². The molecule has 1 amide bonds. The van der Waals surface area contributed by atoms with Gasteiger partial charge < -0.3 is 25.0 Å². The summed E-state index contributed by atoms with van der Waals surface area (Å²) in [6.07, 6.45) is -1.09. The number of ether oxygens (including phenoxy) is 1. The van der Waals surface area contributed by atoms with Gasteiger partial charge in [0, 0.05) is 61.0 Å². The molecule has 2 aromatic heterocycles. The van der Waals surface area contributed by atoms with Crippen molar-refractivity contribution in [3.05, 3.63) is 60.2 Å². The molecule has 1 aromatic carbocycles. The quantitative estimate of drug-likeness (QED) is 0.476. The van der Waals surface area contributed by atoms with Gasteiger partial charge in [-0.25, -0.2) is 9.37 Å². The lowest BCUT2D eigenvalue weighted by Crippen LogP contribution is -2.23. The Balaban J connectivity index is 1.57. The van der Waals surface area contributed by atoms with Crippen LogP contribution in [-0.2, 0) is 0 Å². The molecule has 3 aromatic rings.